The third-order valence-corrected chi connectivity index (χ3v) is 10.4. The molecule has 1 nitrogen and oxygen atoms in total. The Labute approximate surface area is 155 Å². The van der Waals surface area contributed by atoms with Gasteiger partial charge in [0.2, 0.25) is 0 Å². The van der Waals surface area contributed by atoms with Crippen LogP contribution >= 0.6 is 0 Å². The summed E-state index contributed by atoms with van der Waals surface area (Å²) in [5.41, 5.74) is 0. The van der Waals surface area contributed by atoms with E-state index in [2.05, 4.69) is 34.6 Å². The molecule has 0 aromatic rings. The average molecular weight is 357 g/mol. The van der Waals surface area contributed by atoms with Gasteiger partial charge in [-0.1, -0.05) is 105 Å². The van der Waals surface area contributed by atoms with Crippen LogP contribution in [-0.4, -0.2) is 14.4 Å². The highest BCUT2D eigenvalue weighted by molar-refractivity contribution is 6.73. The van der Waals surface area contributed by atoms with Crippen LogP contribution in [0.5, 0.6) is 0 Å². The first-order chi connectivity index (χ1) is 11.7. The van der Waals surface area contributed by atoms with Crippen molar-refractivity contribution in [2.24, 2.45) is 0 Å². The fourth-order valence-corrected chi connectivity index (χ4v) is 8.90. The average Bonchev–Trinajstić information content (AvgIpc) is 2.56. The van der Waals surface area contributed by atoms with E-state index in [0.717, 1.165) is 0 Å². The molecule has 1 unspecified atom stereocenters. The van der Waals surface area contributed by atoms with Gasteiger partial charge >= 0.3 is 0 Å². The van der Waals surface area contributed by atoms with E-state index in [1.54, 1.807) is 0 Å². The summed E-state index contributed by atoms with van der Waals surface area (Å²) in [5, 5.41) is 0. The fraction of sp³-hybridized carbons (Fsp3) is 1.00. The van der Waals surface area contributed by atoms with Crippen molar-refractivity contribution in [2.45, 2.75) is 142 Å². The lowest BCUT2D eigenvalue weighted by atomic mass is 10.0. The Bertz CT molecular complexity index is 237. The Morgan fingerprint density at radius 3 is 1.50 bits per heavy atom. The molecular formula is C22H48OSi. The van der Waals surface area contributed by atoms with E-state index in [0.29, 0.717) is 6.10 Å². The van der Waals surface area contributed by atoms with Gasteiger partial charge in [0.05, 0.1) is 0 Å². The molecule has 0 aromatic carbocycles. The second-order valence-corrected chi connectivity index (χ2v) is 12.0. The van der Waals surface area contributed by atoms with Crippen molar-refractivity contribution >= 4 is 8.32 Å². The van der Waals surface area contributed by atoms with E-state index in [4.69, 9.17) is 4.43 Å². The summed E-state index contributed by atoms with van der Waals surface area (Å²) in [4.78, 5) is 0. The van der Waals surface area contributed by atoms with Crippen LogP contribution in [0.2, 0.25) is 18.1 Å². The molecule has 0 radical (unpaired) electrons. The second-order valence-electron chi connectivity index (χ2n) is 7.87. The SMILES string of the molecule is CCCCCCCCC(CCCC)O[Si](CCC)(CCC)CCC. The van der Waals surface area contributed by atoms with Gasteiger partial charge in [-0.25, -0.2) is 0 Å². The molecule has 0 rings (SSSR count). The van der Waals surface area contributed by atoms with Gasteiger partial charge in [-0.05, 0) is 31.0 Å². The highest BCUT2D eigenvalue weighted by Crippen LogP contribution is 2.31. The van der Waals surface area contributed by atoms with Crippen LogP contribution in [0.15, 0.2) is 0 Å². The van der Waals surface area contributed by atoms with Gasteiger partial charge in [-0.3, -0.25) is 0 Å². The van der Waals surface area contributed by atoms with Gasteiger partial charge in [0, 0.05) is 6.10 Å². The van der Waals surface area contributed by atoms with Crippen molar-refractivity contribution in [3.8, 4) is 0 Å². The lowest BCUT2D eigenvalue weighted by Crippen LogP contribution is -2.41. The van der Waals surface area contributed by atoms with Crippen molar-refractivity contribution < 1.29 is 4.43 Å². The Kier molecular flexibility index (Phi) is 16.8. The summed E-state index contributed by atoms with van der Waals surface area (Å²) in [5.74, 6) is 0. The van der Waals surface area contributed by atoms with Crippen molar-refractivity contribution in [3.63, 3.8) is 0 Å². The van der Waals surface area contributed by atoms with Gasteiger partial charge in [0.1, 0.15) is 0 Å². The van der Waals surface area contributed by atoms with Crippen molar-refractivity contribution in [1.29, 1.82) is 0 Å². The zero-order valence-corrected chi connectivity index (χ0v) is 18.8. The summed E-state index contributed by atoms with van der Waals surface area (Å²) in [6.45, 7) is 11.7. The molecular weight excluding hydrogens is 308 g/mol. The van der Waals surface area contributed by atoms with E-state index < -0.39 is 8.32 Å². The number of unbranched alkanes of at least 4 members (excludes halogenated alkanes) is 6. The highest BCUT2D eigenvalue weighted by atomic mass is 28.4. The number of hydrogen-bond acceptors (Lipinski definition) is 1. The molecule has 2 heteroatoms. The molecule has 146 valence electrons. The van der Waals surface area contributed by atoms with Gasteiger partial charge in [0.25, 0.3) is 0 Å². The second kappa shape index (κ2) is 16.6. The van der Waals surface area contributed by atoms with Crippen molar-refractivity contribution in [1.82, 2.24) is 0 Å². The minimum Gasteiger partial charge on any atom is -0.414 e. The van der Waals surface area contributed by atoms with Gasteiger partial charge < -0.3 is 4.43 Å². The normalized spacial score (nSPS) is 13.4. The Hall–Kier alpha value is 0.177. The Morgan fingerprint density at radius 1 is 0.542 bits per heavy atom. The molecule has 0 N–H and O–H groups in total. The van der Waals surface area contributed by atoms with E-state index in [1.165, 1.54) is 102 Å². The maximum absolute atomic E-state index is 7.03. The first kappa shape index (κ1) is 24.2. The zero-order valence-electron chi connectivity index (χ0n) is 17.8. The third-order valence-electron chi connectivity index (χ3n) is 5.29. The molecule has 0 aliphatic heterocycles. The van der Waals surface area contributed by atoms with Crippen LogP contribution in [0, 0.1) is 0 Å². The largest absolute Gasteiger partial charge is 0.414 e. The molecule has 0 aromatic heterocycles. The lowest BCUT2D eigenvalue weighted by molar-refractivity contribution is 0.157. The van der Waals surface area contributed by atoms with Crippen LogP contribution in [0.3, 0.4) is 0 Å². The summed E-state index contributed by atoms with van der Waals surface area (Å²) in [7, 11) is -1.49. The van der Waals surface area contributed by atoms with Crippen LogP contribution in [0.4, 0.5) is 0 Å². The smallest absolute Gasteiger partial charge is 0.193 e. The molecule has 0 saturated heterocycles. The molecule has 0 spiro atoms. The van der Waals surface area contributed by atoms with Crippen LogP contribution in [0.1, 0.15) is 118 Å². The first-order valence-electron chi connectivity index (χ1n) is 11.4. The summed E-state index contributed by atoms with van der Waals surface area (Å²) in [6, 6.07) is 4.15. The maximum atomic E-state index is 7.03. The van der Waals surface area contributed by atoms with E-state index >= 15 is 0 Å². The van der Waals surface area contributed by atoms with E-state index in [-0.39, 0.29) is 0 Å². The molecule has 0 amide bonds. The molecule has 0 bridgehead atoms. The summed E-state index contributed by atoms with van der Waals surface area (Å²) >= 11 is 0. The third kappa shape index (κ3) is 11.7. The molecule has 0 heterocycles. The van der Waals surface area contributed by atoms with Crippen molar-refractivity contribution in [2.75, 3.05) is 0 Å². The molecule has 0 saturated carbocycles. The van der Waals surface area contributed by atoms with Crippen LogP contribution in [0.25, 0.3) is 0 Å². The predicted octanol–water partition coefficient (Wildman–Crippen LogP) is 8.49. The number of hydrogen-bond donors (Lipinski definition) is 0. The lowest BCUT2D eigenvalue weighted by Gasteiger charge is -2.35. The fourth-order valence-electron chi connectivity index (χ4n) is 4.12. The molecule has 0 fully saturated rings. The first-order valence-corrected chi connectivity index (χ1v) is 13.9. The van der Waals surface area contributed by atoms with Gasteiger partial charge in [0.15, 0.2) is 8.32 Å². The monoisotopic (exact) mass is 356 g/mol. The molecule has 1 atom stereocenters. The maximum Gasteiger partial charge on any atom is 0.193 e. The van der Waals surface area contributed by atoms with Gasteiger partial charge in [-0.15, -0.1) is 0 Å². The quantitative estimate of drug-likeness (QED) is 0.177. The standard InChI is InChI=1S/C22H48OSi/c1-6-11-13-14-15-16-18-22(17-12-7-2)23-24(19-8-3,20-9-4)21-10-5/h22H,6-21H2,1-5H3. The van der Waals surface area contributed by atoms with Gasteiger partial charge in [-0.2, -0.15) is 0 Å². The molecule has 0 aliphatic carbocycles. The Balaban J connectivity index is 4.55. The highest BCUT2D eigenvalue weighted by Gasteiger charge is 2.34. The van der Waals surface area contributed by atoms with E-state index in [9.17, 15) is 0 Å². The van der Waals surface area contributed by atoms with Crippen molar-refractivity contribution in [3.05, 3.63) is 0 Å². The molecule has 0 aliphatic rings. The minimum absolute atomic E-state index is 0.562. The van der Waals surface area contributed by atoms with E-state index in [1.807, 2.05) is 0 Å². The number of rotatable bonds is 18. The Morgan fingerprint density at radius 2 is 1.00 bits per heavy atom. The summed E-state index contributed by atoms with van der Waals surface area (Å²) < 4.78 is 7.03. The predicted molar refractivity (Wildman–Crippen MR) is 113 cm³/mol. The topological polar surface area (TPSA) is 9.23 Å². The zero-order chi connectivity index (χ0) is 18.1. The van der Waals surface area contributed by atoms with Crippen LogP contribution < -0.4 is 0 Å². The minimum atomic E-state index is -1.49. The molecule has 24 heavy (non-hydrogen) atoms. The van der Waals surface area contributed by atoms with Crippen LogP contribution in [-0.2, 0) is 4.43 Å². The summed E-state index contributed by atoms with van der Waals surface area (Å²) in [6.07, 6.45) is 18.2.